The van der Waals surface area contributed by atoms with Crippen molar-refractivity contribution in [3.63, 3.8) is 0 Å². The van der Waals surface area contributed by atoms with Gasteiger partial charge < -0.3 is 10.6 Å². The topological polar surface area (TPSA) is 66.6 Å². The summed E-state index contributed by atoms with van der Waals surface area (Å²) < 4.78 is 0. The van der Waals surface area contributed by atoms with Crippen LogP contribution in [0.5, 0.6) is 0 Å². The van der Waals surface area contributed by atoms with Crippen LogP contribution in [-0.4, -0.2) is 48.4 Å². The van der Waals surface area contributed by atoms with Gasteiger partial charge in [-0.05, 0) is 0 Å². The van der Waals surface area contributed by atoms with Gasteiger partial charge in [0.05, 0.1) is 0 Å². The van der Waals surface area contributed by atoms with E-state index in [2.05, 4.69) is 0 Å². The summed E-state index contributed by atoms with van der Waals surface area (Å²) in [4.78, 5) is 24.6. The van der Waals surface area contributed by atoms with Gasteiger partial charge in [-0.3, -0.25) is 9.69 Å². The fourth-order valence-corrected chi connectivity index (χ4v) is 1.02. The number of hydrogen-bond acceptors (Lipinski definition) is 3. The van der Waals surface area contributed by atoms with Crippen molar-refractivity contribution >= 4 is 11.9 Å². The van der Waals surface area contributed by atoms with Crippen LogP contribution in [0.3, 0.4) is 0 Å². The molecule has 5 heteroatoms. The summed E-state index contributed by atoms with van der Waals surface area (Å²) in [5.74, 6) is -0.164. The molecule has 1 aliphatic rings. The molecule has 2 N–H and O–H groups in total. The Morgan fingerprint density at radius 1 is 1.55 bits per heavy atom. The maximum Gasteiger partial charge on any atom is 0.327 e. The molecule has 1 aliphatic heterocycles. The number of imide groups is 1. The van der Waals surface area contributed by atoms with Crippen molar-refractivity contribution in [1.29, 1.82) is 0 Å². The molecule has 0 spiro atoms. The van der Waals surface area contributed by atoms with Crippen molar-refractivity contribution < 1.29 is 9.59 Å². The number of amides is 3. The van der Waals surface area contributed by atoms with Crippen LogP contribution in [0, 0.1) is 0 Å². The third-order valence-electron chi connectivity index (χ3n) is 1.58. The molecule has 1 saturated heterocycles. The first-order valence-electron chi connectivity index (χ1n) is 3.42. The Labute approximate surface area is 64.7 Å². The van der Waals surface area contributed by atoms with Gasteiger partial charge in [-0.15, -0.1) is 0 Å². The van der Waals surface area contributed by atoms with E-state index in [4.69, 9.17) is 5.73 Å². The van der Waals surface area contributed by atoms with Crippen LogP contribution in [0.4, 0.5) is 4.79 Å². The molecule has 1 heterocycles. The molecule has 0 saturated carbocycles. The zero-order valence-corrected chi connectivity index (χ0v) is 6.41. The summed E-state index contributed by atoms with van der Waals surface area (Å²) in [6, 6.07) is -0.250. The van der Waals surface area contributed by atoms with Gasteiger partial charge in [-0.2, -0.15) is 0 Å². The van der Waals surface area contributed by atoms with Gasteiger partial charge in [0.25, 0.3) is 0 Å². The van der Waals surface area contributed by atoms with Gasteiger partial charge in [0.2, 0.25) is 5.91 Å². The van der Waals surface area contributed by atoms with E-state index in [1.807, 2.05) is 0 Å². The average Bonchev–Trinajstić information content (AvgIpc) is 2.17. The Kier molecular flexibility index (Phi) is 2.09. The Bertz CT molecular complexity index is 192. The van der Waals surface area contributed by atoms with Crippen LogP contribution >= 0.6 is 0 Å². The predicted octanol–water partition coefficient (Wildman–Crippen LogP) is -1.16. The van der Waals surface area contributed by atoms with Crippen LogP contribution in [0.2, 0.25) is 0 Å². The van der Waals surface area contributed by atoms with E-state index < -0.39 is 0 Å². The van der Waals surface area contributed by atoms with Crippen molar-refractivity contribution in [2.24, 2.45) is 5.73 Å². The monoisotopic (exact) mass is 157 g/mol. The first-order chi connectivity index (χ1) is 5.16. The van der Waals surface area contributed by atoms with E-state index in [9.17, 15) is 9.59 Å². The summed E-state index contributed by atoms with van der Waals surface area (Å²) in [5.41, 5.74) is 5.21. The average molecular weight is 157 g/mol. The second-order valence-electron chi connectivity index (χ2n) is 2.47. The fraction of sp³-hybridized carbons (Fsp3) is 0.667. The number of rotatable bonds is 2. The minimum atomic E-state index is -0.250. The van der Waals surface area contributed by atoms with E-state index in [0.717, 1.165) is 0 Å². The number of hydrogen-bond donors (Lipinski definition) is 1. The molecule has 0 aromatic carbocycles. The standard InChI is InChI=1S/C6H11N3O2/c1-8-4-5(10)9(3-2-7)6(8)11/h2-4,7H2,1H3. The fourth-order valence-electron chi connectivity index (χ4n) is 1.02. The van der Waals surface area contributed by atoms with E-state index in [0.29, 0.717) is 13.1 Å². The minimum absolute atomic E-state index is 0.164. The molecule has 0 atom stereocenters. The molecule has 0 unspecified atom stereocenters. The SMILES string of the molecule is CN1CC(=O)N(CCN)C1=O. The highest BCUT2D eigenvalue weighted by atomic mass is 16.2. The number of urea groups is 1. The molecule has 11 heavy (non-hydrogen) atoms. The number of likely N-dealkylation sites (N-methyl/N-ethyl adjacent to an activating group) is 1. The summed E-state index contributed by atoms with van der Waals surface area (Å²) in [5, 5.41) is 0. The van der Waals surface area contributed by atoms with Gasteiger partial charge in [0, 0.05) is 20.1 Å². The Balaban J connectivity index is 2.64. The Hall–Kier alpha value is -1.10. The van der Waals surface area contributed by atoms with Crippen molar-refractivity contribution in [2.45, 2.75) is 0 Å². The van der Waals surface area contributed by atoms with Crippen LogP contribution < -0.4 is 5.73 Å². The molecule has 0 bridgehead atoms. The molecule has 5 nitrogen and oxygen atoms in total. The Morgan fingerprint density at radius 2 is 2.18 bits per heavy atom. The van der Waals surface area contributed by atoms with Gasteiger partial charge in [-0.25, -0.2) is 4.79 Å². The largest absolute Gasteiger partial charge is 0.329 e. The summed E-state index contributed by atoms with van der Waals surface area (Å²) >= 11 is 0. The lowest BCUT2D eigenvalue weighted by molar-refractivity contribution is -0.125. The van der Waals surface area contributed by atoms with Crippen LogP contribution in [0.1, 0.15) is 0 Å². The number of nitrogens with zero attached hydrogens (tertiary/aromatic N) is 2. The normalized spacial score (nSPS) is 18.4. The summed E-state index contributed by atoms with van der Waals surface area (Å²) in [7, 11) is 1.59. The lowest BCUT2D eigenvalue weighted by atomic mass is 10.5. The quantitative estimate of drug-likeness (QED) is 0.514. The first kappa shape index (κ1) is 8.00. The molecule has 0 radical (unpaired) electrons. The summed E-state index contributed by atoms with van der Waals surface area (Å²) in [6.07, 6.45) is 0. The number of nitrogens with two attached hydrogens (primary N) is 1. The molecular weight excluding hydrogens is 146 g/mol. The molecule has 62 valence electrons. The maximum atomic E-state index is 11.1. The second kappa shape index (κ2) is 2.87. The number of carbonyl (C=O) groups is 2. The molecule has 0 aromatic heterocycles. The van der Waals surface area contributed by atoms with Crippen molar-refractivity contribution in [2.75, 3.05) is 26.7 Å². The Morgan fingerprint density at radius 3 is 2.55 bits per heavy atom. The highest BCUT2D eigenvalue weighted by Gasteiger charge is 2.32. The van der Waals surface area contributed by atoms with E-state index >= 15 is 0 Å². The first-order valence-corrected chi connectivity index (χ1v) is 3.42. The molecule has 3 amide bonds. The highest BCUT2D eigenvalue weighted by molar-refractivity contribution is 6.01. The van der Waals surface area contributed by atoms with Crippen LogP contribution in [-0.2, 0) is 4.79 Å². The lowest BCUT2D eigenvalue weighted by Gasteiger charge is -2.11. The van der Waals surface area contributed by atoms with Gasteiger partial charge >= 0.3 is 6.03 Å². The highest BCUT2D eigenvalue weighted by Crippen LogP contribution is 2.05. The van der Waals surface area contributed by atoms with Crippen LogP contribution in [0.15, 0.2) is 0 Å². The summed E-state index contributed by atoms with van der Waals surface area (Å²) in [6.45, 7) is 0.826. The van der Waals surface area contributed by atoms with Gasteiger partial charge in [0.1, 0.15) is 6.54 Å². The van der Waals surface area contributed by atoms with Gasteiger partial charge in [-0.1, -0.05) is 0 Å². The van der Waals surface area contributed by atoms with E-state index in [1.165, 1.54) is 9.80 Å². The zero-order valence-electron chi connectivity index (χ0n) is 6.41. The predicted molar refractivity (Wildman–Crippen MR) is 38.8 cm³/mol. The molecule has 0 aromatic rings. The van der Waals surface area contributed by atoms with Crippen molar-refractivity contribution in [1.82, 2.24) is 9.80 Å². The van der Waals surface area contributed by atoms with E-state index in [-0.39, 0.29) is 18.5 Å². The van der Waals surface area contributed by atoms with E-state index in [1.54, 1.807) is 7.05 Å². The number of carbonyl (C=O) groups excluding carboxylic acids is 2. The van der Waals surface area contributed by atoms with Gasteiger partial charge in [0.15, 0.2) is 0 Å². The smallest absolute Gasteiger partial charge is 0.327 e. The van der Waals surface area contributed by atoms with Crippen molar-refractivity contribution in [3.05, 3.63) is 0 Å². The lowest BCUT2D eigenvalue weighted by Crippen LogP contribution is -2.35. The molecule has 0 aliphatic carbocycles. The molecule has 1 fully saturated rings. The second-order valence-corrected chi connectivity index (χ2v) is 2.47. The minimum Gasteiger partial charge on any atom is -0.329 e. The maximum absolute atomic E-state index is 11.1. The molecular formula is C6H11N3O2. The van der Waals surface area contributed by atoms with Crippen molar-refractivity contribution in [3.8, 4) is 0 Å². The third kappa shape index (κ3) is 1.32. The van der Waals surface area contributed by atoms with Crippen LogP contribution in [0.25, 0.3) is 0 Å². The third-order valence-corrected chi connectivity index (χ3v) is 1.58. The molecule has 1 rings (SSSR count). The zero-order chi connectivity index (χ0) is 8.43.